The molecule has 2 rings (SSSR count). The lowest BCUT2D eigenvalue weighted by Gasteiger charge is -2.04. The normalized spacial score (nSPS) is 18.2. The summed E-state index contributed by atoms with van der Waals surface area (Å²) in [5, 5.41) is 0. The molecule has 1 unspecified atom stereocenters. The number of ether oxygens (including phenoxy) is 2. The second-order valence-corrected chi connectivity index (χ2v) is 3.35. The van der Waals surface area contributed by atoms with E-state index in [0.717, 1.165) is 24.3 Å². The van der Waals surface area contributed by atoms with Gasteiger partial charge in [-0.1, -0.05) is 19.1 Å². The van der Waals surface area contributed by atoms with Crippen molar-refractivity contribution in [3.8, 4) is 11.5 Å². The van der Waals surface area contributed by atoms with Gasteiger partial charge in [-0.25, -0.2) is 0 Å². The van der Waals surface area contributed by atoms with Gasteiger partial charge in [0.05, 0.1) is 0 Å². The lowest BCUT2D eigenvalue weighted by atomic mass is 10.1. The van der Waals surface area contributed by atoms with Crippen molar-refractivity contribution in [3.05, 3.63) is 36.4 Å². The Bertz CT molecular complexity index is 344. The second-order valence-electron chi connectivity index (χ2n) is 3.35. The molecular weight excluding hydrogens is 176 g/mol. The summed E-state index contributed by atoms with van der Waals surface area (Å²) < 4.78 is 11.1. The summed E-state index contributed by atoms with van der Waals surface area (Å²) in [5.41, 5.74) is 1.21. The highest BCUT2D eigenvalue weighted by atomic mass is 16.7. The van der Waals surface area contributed by atoms with Crippen LogP contribution in [0.4, 0.5) is 0 Å². The zero-order valence-corrected chi connectivity index (χ0v) is 8.32. The number of benzene rings is 1. The van der Waals surface area contributed by atoms with Crippen molar-refractivity contribution < 1.29 is 9.47 Å². The lowest BCUT2D eigenvalue weighted by molar-refractivity contribution is 0.0464. The summed E-state index contributed by atoms with van der Waals surface area (Å²) in [6.07, 6.45) is 3.51. The van der Waals surface area contributed by atoms with Crippen molar-refractivity contribution in [1.82, 2.24) is 0 Å². The monoisotopic (exact) mass is 190 g/mol. The Morgan fingerprint density at radius 1 is 1.36 bits per heavy atom. The van der Waals surface area contributed by atoms with Crippen LogP contribution >= 0.6 is 0 Å². The van der Waals surface area contributed by atoms with Gasteiger partial charge in [-0.15, -0.1) is 6.58 Å². The Morgan fingerprint density at radius 3 is 2.86 bits per heavy atom. The molecule has 0 N–H and O–H groups in total. The highest BCUT2D eigenvalue weighted by molar-refractivity contribution is 5.45. The molecule has 0 aliphatic carbocycles. The predicted molar refractivity (Wildman–Crippen MR) is 55.7 cm³/mol. The first-order chi connectivity index (χ1) is 6.83. The number of fused-ring (bicyclic) bond motifs is 1. The minimum absolute atomic E-state index is 0.107. The van der Waals surface area contributed by atoms with Crippen molar-refractivity contribution in [1.29, 1.82) is 0 Å². The fraction of sp³-hybridized carbons (Fsp3) is 0.333. The van der Waals surface area contributed by atoms with Gasteiger partial charge in [0.2, 0.25) is 6.29 Å². The molecule has 0 amide bonds. The molecule has 0 aromatic heterocycles. The van der Waals surface area contributed by atoms with Crippen LogP contribution in [0.25, 0.3) is 0 Å². The van der Waals surface area contributed by atoms with Crippen LogP contribution in [0.5, 0.6) is 11.5 Å². The van der Waals surface area contributed by atoms with Gasteiger partial charge in [-0.3, -0.25) is 0 Å². The quantitative estimate of drug-likeness (QED) is 0.682. The van der Waals surface area contributed by atoms with Crippen LogP contribution in [0.15, 0.2) is 30.9 Å². The van der Waals surface area contributed by atoms with E-state index in [4.69, 9.17) is 9.47 Å². The molecule has 1 aliphatic rings. The topological polar surface area (TPSA) is 18.5 Å². The van der Waals surface area contributed by atoms with Crippen LogP contribution in [-0.2, 0) is 6.42 Å². The van der Waals surface area contributed by atoms with Gasteiger partial charge in [0.15, 0.2) is 11.5 Å². The summed E-state index contributed by atoms with van der Waals surface area (Å²) in [7, 11) is 0. The maximum absolute atomic E-state index is 5.59. The fourth-order valence-electron chi connectivity index (χ4n) is 1.51. The number of rotatable bonds is 3. The Labute approximate surface area is 84.2 Å². The van der Waals surface area contributed by atoms with Crippen LogP contribution in [-0.4, -0.2) is 6.29 Å². The van der Waals surface area contributed by atoms with Gasteiger partial charge < -0.3 is 9.47 Å². The first kappa shape index (κ1) is 9.13. The largest absolute Gasteiger partial charge is 0.451 e. The van der Waals surface area contributed by atoms with Crippen molar-refractivity contribution in [3.63, 3.8) is 0 Å². The lowest BCUT2D eigenvalue weighted by Crippen LogP contribution is -2.15. The van der Waals surface area contributed by atoms with Crippen LogP contribution in [0.2, 0.25) is 0 Å². The van der Waals surface area contributed by atoms with Crippen molar-refractivity contribution in [2.24, 2.45) is 0 Å². The van der Waals surface area contributed by atoms with Gasteiger partial charge in [0, 0.05) is 6.42 Å². The van der Waals surface area contributed by atoms with Crippen molar-refractivity contribution >= 4 is 0 Å². The molecule has 1 aliphatic heterocycles. The molecular formula is C12H14O2. The standard InChI is InChI=1S/C12H14O2/c1-3-5-9-6-7-10-11(8-9)14-12(4-2)13-10/h3,6-8,12H,1,4-5H2,2H3. The molecule has 0 saturated carbocycles. The summed E-state index contributed by atoms with van der Waals surface area (Å²) in [5.74, 6) is 1.71. The van der Waals surface area contributed by atoms with Gasteiger partial charge >= 0.3 is 0 Å². The average molecular weight is 190 g/mol. The third kappa shape index (κ3) is 1.60. The Morgan fingerprint density at radius 2 is 2.14 bits per heavy atom. The summed E-state index contributed by atoms with van der Waals surface area (Å²) in [6, 6.07) is 6.03. The smallest absolute Gasteiger partial charge is 0.241 e. The first-order valence-corrected chi connectivity index (χ1v) is 4.90. The molecule has 1 aromatic rings. The van der Waals surface area contributed by atoms with E-state index in [2.05, 4.69) is 6.58 Å². The highest BCUT2D eigenvalue weighted by Gasteiger charge is 2.22. The maximum Gasteiger partial charge on any atom is 0.241 e. The fourth-order valence-corrected chi connectivity index (χ4v) is 1.51. The third-order valence-corrected chi connectivity index (χ3v) is 2.24. The van der Waals surface area contributed by atoms with Gasteiger partial charge in [-0.05, 0) is 24.1 Å². The molecule has 14 heavy (non-hydrogen) atoms. The maximum atomic E-state index is 5.59. The van der Waals surface area contributed by atoms with Crippen LogP contribution in [0.3, 0.4) is 0 Å². The SMILES string of the molecule is C=CCc1ccc2c(c1)OC(CC)O2. The second kappa shape index (κ2) is 3.74. The number of hydrogen-bond acceptors (Lipinski definition) is 2. The minimum atomic E-state index is -0.107. The van der Waals surface area contributed by atoms with E-state index >= 15 is 0 Å². The van der Waals surface area contributed by atoms with E-state index in [1.165, 1.54) is 5.56 Å². The molecule has 0 radical (unpaired) electrons. The van der Waals surface area contributed by atoms with Crippen molar-refractivity contribution in [2.75, 3.05) is 0 Å². The van der Waals surface area contributed by atoms with E-state index < -0.39 is 0 Å². The number of allylic oxidation sites excluding steroid dienone is 1. The van der Waals surface area contributed by atoms with Crippen molar-refractivity contribution in [2.45, 2.75) is 26.1 Å². The Balaban J connectivity index is 2.21. The molecule has 1 aromatic carbocycles. The third-order valence-electron chi connectivity index (χ3n) is 2.24. The average Bonchev–Trinajstić information content (AvgIpc) is 2.60. The molecule has 0 saturated heterocycles. The number of hydrogen-bond donors (Lipinski definition) is 0. The van der Waals surface area contributed by atoms with E-state index in [1.807, 2.05) is 31.2 Å². The zero-order chi connectivity index (χ0) is 9.97. The predicted octanol–water partition coefficient (Wildman–Crippen LogP) is 2.92. The zero-order valence-electron chi connectivity index (χ0n) is 8.32. The highest BCUT2D eigenvalue weighted by Crippen LogP contribution is 2.36. The van der Waals surface area contributed by atoms with E-state index in [-0.39, 0.29) is 6.29 Å². The van der Waals surface area contributed by atoms with E-state index in [9.17, 15) is 0 Å². The molecule has 0 spiro atoms. The first-order valence-electron chi connectivity index (χ1n) is 4.90. The van der Waals surface area contributed by atoms with Gasteiger partial charge in [-0.2, -0.15) is 0 Å². The summed E-state index contributed by atoms with van der Waals surface area (Å²) >= 11 is 0. The molecule has 0 fully saturated rings. The Kier molecular flexibility index (Phi) is 2.44. The minimum Gasteiger partial charge on any atom is -0.451 e. The van der Waals surface area contributed by atoms with E-state index in [0.29, 0.717) is 0 Å². The van der Waals surface area contributed by atoms with E-state index in [1.54, 1.807) is 0 Å². The molecule has 2 heteroatoms. The molecule has 2 nitrogen and oxygen atoms in total. The van der Waals surface area contributed by atoms with Gasteiger partial charge in [0.25, 0.3) is 0 Å². The molecule has 74 valence electrons. The molecule has 1 heterocycles. The molecule has 0 bridgehead atoms. The van der Waals surface area contributed by atoms with Crippen LogP contribution < -0.4 is 9.47 Å². The summed E-state index contributed by atoms with van der Waals surface area (Å²) in [6.45, 7) is 5.75. The van der Waals surface area contributed by atoms with Crippen LogP contribution in [0.1, 0.15) is 18.9 Å². The van der Waals surface area contributed by atoms with Crippen LogP contribution in [0, 0.1) is 0 Å². The molecule has 1 atom stereocenters. The summed E-state index contributed by atoms with van der Waals surface area (Å²) in [4.78, 5) is 0. The van der Waals surface area contributed by atoms with Gasteiger partial charge in [0.1, 0.15) is 0 Å². The Hall–Kier alpha value is -1.44.